The van der Waals surface area contributed by atoms with Gasteiger partial charge in [0.15, 0.2) is 0 Å². The fourth-order valence-corrected chi connectivity index (χ4v) is 2.14. The Morgan fingerprint density at radius 1 is 1.24 bits per heavy atom. The summed E-state index contributed by atoms with van der Waals surface area (Å²) in [6, 6.07) is 6.39. The molecule has 1 aliphatic heterocycles. The Bertz CT molecular complexity index is 497. The first kappa shape index (κ1) is 15.1. The van der Waals surface area contributed by atoms with Crippen molar-refractivity contribution in [3.8, 4) is 0 Å². The second kappa shape index (κ2) is 6.94. The number of anilines is 2. The van der Waals surface area contributed by atoms with Crippen molar-refractivity contribution in [3.63, 3.8) is 0 Å². The van der Waals surface area contributed by atoms with Crippen molar-refractivity contribution in [2.75, 3.05) is 36.5 Å². The van der Waals surface area contributed by atoms with Crippen LogP contribution in [0.1, 0.15) is 6.92 Å². The molecule has 0 aliphatic carbocycles. The SMILES string of the molecule is CC(Nc1ccc(N2CCOCC2)cc1)C(=O)NC(N)=O. The molecule has 1 saturated heterocycles. The van der Waals surface area contributed by atoms with Crippen LogP contribution in [0.15, 0.2) is 24.3 Å². The number of carbonyl (C=O) groups is 2. The standard InChI is InChI=1S/C14H20N4O3/c1-10(13(19)17-14(15)20)16-11-2-4-12(5-3-11)18-6-8-21-9-7-18/h2-5,10,16H,6-9H2,1H3,(H3,15,17,19,20). The average Bonchev–Trinajstić information content (AvgIpc) is 2.48. The molecular weight excluding hydrogens is 272 g/mol. The fraction of sp³-hybridized carbons (Fsp3) is 0.429. The number of primary amides is 1. The third-order valence-electron chi connectivity index (χ3n) is 3.27. The lowest BCUT2D eigenvalue weighted by molar-refractivity contribution is -0.120. The van der Waals surface area contributed by atoms with Crippen molar-refractivity contribution in [2.24, 2.45) is 5.73 Å². The van der Waals surface area contributed by atoms with Crippen LogP contribution in [0.5, 0.6) is 0 Å². The molecule has 1 atom stereocenters. The zero-order valence-electron chi connectivity index (χ0n) is 12.0. The summed E-state index contributed by atoms with van der Waals surface area (Å²) in [6.45, 7) is 4.90. The lowest BCUT2D eigenvalue weighted by Gasteiger charge is -2.29. The van der Waals surface area contributed by atoms with Gasteiger partial charge in [-0.25, -0.2) is 4.79 Å². The van der Waals surface area contributed by atoms with Gasteiger partial charge in [-0.05, 0) is 31.2 Å². The molecule has 1 heterocycles. The molecule has 1 aromatic rings. The number of imide groups is 1. The van der Waals surface area contributed by atoms with Crippen molar-refractivity contribution < 1.29 is 14.3 Å². The van der Waals surface area contributed by atoms with Gasteiger partial charge in [-0.2, -0.15) is 0 Å². The van der Waals surface area contributed by atoms with Crippen molar-refractivity contribution >= 4 is 23.3 Å². The van der Waals surface area contributed by atoms with Gasteiger partial charge < -0.3 is 20.7 Å². The van der Waals surface area contributed by atoms with E-state index in [-0.39, 0.29) is 0 Å². The van der Waals surface area contributed by atoms with E-state index in [1.807, 2.05) is 29.6 Å². The Morgan fingerprint density at radius 2 is 1.86 bits per heavy atom. The molecule has 7 nitrogen and oxygen atoms in total. The number of nitrogens with two attached hydrogens (primary N) is 1. The Hall–Kier alpha value is -2.28. The number of nitrogens with one attached hydrogen (secondary N) is 2. The highest BCUT2D eigenvalue weighted by Crippen LogP contribution is 2.19. The molecule has 4 N–H and O–H groups in total. The fourth-order valence-electron chi connectivity index (χ4n) is 2.14. The molecule has 0 radical (unpaired) electrons. The first-order valence-corrected chi connectivity index (χ1v) is 6.86. The number of hydrogen-bond donors (Lipinski definition) is 3. The van der Waals surface area contributed by atoms with Crippen molar-refractivity contribution in [3.05, 3.63) is 24.3 Å². The van der Waals surface area contributed by atoms with Gasteiger partial charge in [0.05, 0.1) is 13.2 Å². The number of urea groups is 1. The van der Waals surface area contributed by atoms with E-state index in [9.17, 15) is 9.59 Å². The van der Waals surface area contributed by atoms with E-state index in [1.165, 1.54) is 0 Å². The zero-order chi connectivity index (χ0) is 15.2. The summed E-state index contributed by atoms with van der Waals surface area (Å²) in [5, 5.41) is 5.06. The number of carbonyl (C=O) groups excluding carboxylic acids is 2. The molecule has 21 heavy (non-hydrogen) atoms. The number of ether oxygens (including phenoxy) is 1. The predicted molar refractivity (Wildman–Crippen MR) is 80.3 cm³/mol. The first-order chi connectivity index (χ1) is 10.1. The maximum Gasteiger partial charge on any atom is 0.318 e. The molecule has 3 amide bonds. The third-order valence-corrected chi connectivity index (χ3v) is 3.27. The lowest BCUT2D eigenvalue weighted by atomic mass is 10.2. The Labute approximate surface area is 123 Å². The molecule has 7 heteroatoms. The van der Waals surface area contributed by atoms with Gasteiger partial charge in [0, 0.05) is 24.5 Å². The van der Waals surface area contributed by atoms with E-state index in [0.29, 0.717) is 0 Å². The van der Waals surface area contributed by atoms with E-state index in [1.54, 1.807) is 6.92 Å². The second-order valence-electron chi connectivity index (χ2n) is 4.87. The number of morpholine rings is 1. The lowest BCUT2D eigenvalue weighted by Crippen LogP contribution is -2.43. The van der Waals surface area contributed by atoms with E-state index in [4.69, 9.17) is 10.5 Å². The van der Waals surface area contributed by atoms with Gasteiger partial charge in [0.25, 0.3) is 0 Å². The van der Waals surface area contributed by atoms with Gasteiger partial charge in [0.2, 0.25) is 5.91 Å². The topological polar surface area (TPSA) is 96.7 Å². The van der Waals surface area contributed by atoms with Crippen LogP contribution in [0.2, 0.25) is 0 Å². The first-order valence-electron chi connectivity index (χ1n) is 6.86. The Balaban J connectivity index is 1.92. The molecule has 0 bridgehead atoms. The maximum atomic E-state index is 11.6. The van der Waals surface area contributed by atoms with Gasteiger partial charge in [-0.1, -0.05) is 0 Å². The summed E-state index contributed by atoms with van der Waals surface area (Å²) >= 11 is 0. The quantitative estimate of drug-likeness (QED) is 0.751. The van der Waals surface area contributed by atoms with Crippen LogP contribution in [0.3, 0.4) is 0 Å². The minimum absolute atomic E-state index is 0.459. The second-order valence-corrected chi connectivity index (χ2v) is 4.87. The van der Waals surface area contributed by atoms with Gasteiger partial charge in [0.1, 0.15) is 6.04 Å². The normalized spacial score (nSPS) is 16.1. The molecule has 0 saturated carbocycles. The highest BCUT2D eigenvalue weighted by molar-refractivity contribution is 5.97. The Kier molecular flexibility index (Phi) is 4.99. The molecule has 114 valence electrons. The summed E-state index contributed by atoms with van der Waals surface area (Å²) in [5.41, 5.74) is 6.84. The van der Waals surface area contributed by atoms with E-state index in [0.717, 1.165) is 37.7 Å². The van der Waals surface area contributed by atoms with Crippen molar-refractivity contribution in [2.45, 2.75) is 13.0 Å². The highest BCUT2D eigenvalue weighted by Gasteiger charge is 2.15. The van der Waals surface area contributed by atoms with Crippen molar-refractivity contribution in [1.29, 1.82) is 0 Å². The zero-order valence-corrected chi connectivity index (χ0v) is 12.0. The molecule has 0 spiro atoms. The number of hydrogen-bond acceptors (Lipinski definition) is 5. The van der Waals surface area contributed by atoms with Crippen LogP contribution in [0, 0.1) is 0 Å². The number of rotatable bonds is 4. The van der Waals surface area contributed by atoms with E-state index < -0.39 is 18.0 Å². The van der Waals surface area contributed by atoms with Crippen LogP contribution in [-0.2, 0) is 9.53 Å². The largest absolute Gasteiger partial charge is 0.378 e. The smallest absolute Gasteiger partial charge is 0.318 e. The minimum atomic E-state index is -0.851. The Morgan fingerprint density at radius 3 is 2.43 bits per heavy atom. The summed E-state index contributed by atoms with van der Waals surface area (Å²) in [7, 11) is 0. The number of nitrogens with zero attached hydrogens (tertiary/aromatic N) is 1. The number of amides is 3. The van der Waals surface area contributed by atoms with E-state index >= 15 is 0 Å². The molecule has 1 fully saturated rings. The van der Waals surface area contributed by atoms with Crippen LogP contribution < -0.4 is 21.3 Å². The van der Waals surface area contributed by atoms with Gasteiger partial charge in [-0.15, -0.1) is 0 Å². The van der Waals surface area contributed by atoms with Crippen LogP contribution in [-0.4, -0.2) is 44.3 Å². The van der Waals surface area contributed by atoms with Gasteiger partial charge in [-0.3, -0.25) is 10.1 Å². The molecule has 1 aliphatic rings. The molecule has 2 rings (SSSR count). The molecule has 1 aromatic carbocycles. The summed E-state index contributed by atoms with van der Waals surface area (Å²) in [6.07, 6.45) is 0. The molecular formula is C14H20N4O3. The van der Waals surface area contributed by atoms with Crippen LogP contribution in [0.25, 0.3) is 0 Å². The molecule has 0 aromatic heterocycles. The van der Waals surface area contributed by atoms with Crippen LogP contribution in [0.4, 0.5) is 16.2 Å². The third kappa shape index (κ3) is 4.35. The van der Waals surface area contributed by atoms with Gasteiger partial charge >= 0.3 is 6.03 Å². The molecule has 1 unspecified atom stereocenters. The predicted octanol–water partition coefficient (Wildman–Crippen LogP) is 0.519. The average molecular weight is 292 g/mol. The minimum Gasteiger partial charge on any atom is -0.378 e. The summed E-state index contributed by atoms with van der Waals surface area (Å²) < 4.78 is 5.32. The summed E-state index contributed by atoms with van der Waals surface area (Å²) in [4.78, 5) is 24.5. The maximum absolute atomic E-state index is 11.6. The monoisotopic (exact) mass is 292 g/mol. The van der Waals surface area contributed by atoms with E-state index in [2.05, 4.69) is 10.2 Å². The summed E-state index contributed by atoms with van der Waals surface area (Å²) in [5.74, 6) is -0.459. The number of benzene rings is 1. The highest BCUT2D eigenvalue weighted by atomic mass is 16.5. The van der Waals surface area contributed by atoms with Crippen LogP contribution >= 0.6 is 0 Å². The van der Waals surface area contributed by atoms with Crippen molar-refractivity contribution in [1.82, 2.24) is 5.32 Å².